The van der Waals surface area contributed by atoms with Crippen molar-refractivity contribution in [3.8, 4) is 0 Å². The number of rotatable bonds is 5. The van der Waals surface area contributed by atoms with Gasteiger partial charge in [0.1, 0.15) is 0 Å². The molecule has 170 valence electrons. The van der Waals surface area contributed by atoms with Gasteiger partial charge < -0.3 is 15.6 Å². The minimum absolute atomic E-state index is 0.444. The molecule has 5 rings (SSSR count). The maximum Gasteiger partial charge on any atom is 0.0484 e. The molecule has 0 unspecified atom stereocenters. The SMILES string of the molecule is NC1CCC(NC2CCC(c3cn(CC4CCCCC4)c4ccc(Br)cc34)CC2)CC1. The molecular weight excluding hydrogens is 446 g/mol. The second-order valence-electron chi connectivity index (χ2n) is 10.7. The molecule has 0 radical (unpaired) electrons. The van der Waals surface area contributed by atoms with Crippen LogP contribution < -0.4 is 11.1 Å². The van der Waals surface area contributed by atoms with Gasteiger partial charge >= 0.3 is 0 Å². The highest BCUT2D eigenvalue weighted by molar-refractivity contribution is 9.10. The van der Waals surface area contributed by atoms with E-state index in [0.717, 1.165) is 5.92 Å². The van der Waals surface area contributed by atoms with Crippen molar-refractivity contribution < 1.29 is 0 Å². The van der Waals surface area contributed by atoms with Gasteiger partial charge in [-0.15, -0.1) is 0 Å². The lowest BCUT2D eigenvalue weighted by atomic mass is 9.81. The first-order chi connectivity index (χ1) is 15.2. The Balaban J connectivity index is 1.27. The van der Waals surface area contributed by atoms with E-state index in [1.807, 2.05) is 0 Å². The van der Waals surface area contributed by atoms with Gasteiger partial charge in [0.15, 0.2) is 0 Å². The Bertz CT molecular complexity index is 853. The number of nitrogens with one attached hydrogen (secondary N) is 1. The number of aromatic nitrogens is 1. The summed E-state index contributed by atoms with van der Waals surface area (Å²) < 4.78 is 3.81. The highest BCUT2D eigenvalue weighted by atomic mass is 79.9. The summed E-state index contributed by atoms with van der Waals surface area (Å²) in [5.74, 6) is 1.58. The smallest absolute Gasteiger partial charge is 0.0484 e. The molecule has 3 saturated carbocycles. The van der Waals surface area contributed by atoms with Crippen molar-refractivity contribution >= 4 is 26.8 Å². The second kappa shape index (κ2) is 9.97. The molecule has 0 atom stereocenters. The highest BCUT2D eigenvalue weighted by Crippen LogP contribution is 2.39. The Kier molecular flexibility index (Phi) is 7.07. The molecule has 3 aliphatic carbocycles. The lowest BCUT2D eigenvalue weighted by Crippen LogP contribution is -2.43. The minimum atomic E-state index is 0.444. The van der Waals surface area contributed by atoms with Gasteiger partial charge in [-0.3, -0.25) is 0 Å². The van der Waals surface area contributed by atoms with Crippen LogP contribution in [0.4, 0.5) is 0 Å². The third kappa shape index (κ3) is 5.23. The molecule has 1 aromatic heterocycles. The van der Waals surface area contributed by atoms with E-state index in [1.54, 1.807) is 5.56 Å². The van der Waals surface area contributed by atoms with Gasteiger partial charge in [-0.2, -0.15) is 0 Å². The average Bonchev–Trinajstić information content (AvgIpc) is 3.14. The van der Waals surface area contributed by atoms with E-state index < -0.39 is 0 Å². The van der Waals surface area contributed by atoms with E-state index in [2.05, 4.69) is 50.2 Å². The summed E-state index contributed by atoms with van der Waals surface area (Å²) in [5.41, 5.74) is 9.15. The molecule has 3 fully saturated rings. The molecule has 0 spiro atoms. The van der Waals surface area contributed by atoms with Crippen molar-refractivity contribution in [2.75, 3.05) is 0 Å². The number of hydrogen-bond acceptors (Lipinski definition) is 2. The van der Waals surface area contributed by atoms with Crippen LogP contribution in [0.25, 0.3) is 10.9 Å². The molecule has 3 N–H and O–H groups in total. The fourth-order valence-corrected chi connectivity index (χ4v) is 6.97. The van der Waals surface area contributed by atoms with Gasteiger partial charge in [-0.05, 0) is 99.8 Å². The third-order valence-corrected chi connectivity index (χ3v) is 8.96. The Morgan fingerprint density at radius 1 is 0.871 bits per heavy atom. The fraction of sp³-hybridized carbons (Fsp3) is 0.704. The van der Waals surface area contributed by atoms with Crippen LogP contribution in [0.3, 0.4) is 0 Å². The zero-order chi connectivity index (χ0) is 21.2. The zero-order valence-electron chi connectivity index (χ0n) is 19.0. The molecule has 0 amide bonds. The van der Waals surface area contributed by atoms with Crippen LogP contribution in [0.15, 0.2) is 28.9 Å². The second-order valence-corrected chi connectivity index (χ2v) is 11.6. The van der Waals surface area contributed by atoms with Crippen LogP contribution in [0.5, 0.6) is 0 Å². The maximum atomic E-state index is 6.10. The van der Waals surface area contributed by atoms with Crippen molar-refractivity contribution in [3.63, 3.8) is 0 Å². The summed E-state index contributed by atoms with van der Waals surface area (Å²) in [4.78, 5) is 0. The molecule has 1 aromatic carbocycles. The van der Waals surface area contributed by atoms with E-state index in [9.17, 15) is 0 Å². The van der Waals surface area contributed by atoms with Crippen molar-refractivity contribution in [2.24, 2.45) is 11.7 Å². The molecule has 2 aromatic rings. The van der Waals surface area contributed by atoms with E-state index in [0.29, 0.717) is 24.0 Å². The van der Waals surface area contributed by atoms with Crippen LogP contribution in [-0.2, 0) is 6.54 Å². The standard InChI is InChI=1S/C27H40BrN3/c28-21-8-15-27-25(16-21)26(18-31(27)17-19-4-2-1-3-5-19)20-6-11-23(12-7-20)30-24-13-9-22(29)10-14-24/h8,15-16,18-20,22-24,30H,1-7,9-14,17,29H2. The molecule has 4 heteroatoms. The van der Waals surface area contributed by atoms with Gasteiger partial charge in [0.2, 0.25) is 0 Å². The summed E-state index contributed by atoms with van der Waals surface area (Å²) >= 11 is 3.74. The predicted molar refractivity (Wildman–Crippen MR) is 135 cm³/mol. The van der Waals surface area contributed by atoms with Gasteiger partial charge in [0.25, 0.3) is 0 Å². The van der Waals surface area contributed by atoms with Gasteiger partial charge in [-0.1, -0.05) is 35.2 Å². The molecule has 0 aliphatic heterocycles. The molecule has 1 heterocycles. The van der Waals surface area contributed by atoms with Gasteiger partial charge in [-0.25, -0.2) is 0 Å². The number of nitrogens with two attached hydrogens (primary N) is 1. The molecule has 3 nitrogen and oxygen atoms in total. The fourth-order valence-electron chi connectivity index (χ4n) is 6.61. The van der Waals surface area contributed by atoms with Crippen molar-refractivity contribution in [1.82, 2.24) is 9.88 Å². The summed E-state index contributed by atoms with van der Waals surface area (Å²) in [6.07, 6.45) is 19.8. The zero-order valence-corrected chi connectivity index (χ0v) is 20.6. The largest absolute Gasteiger partial charge is 0.347 e. The Morgan fingerprint density at radius 3 is 2.26 bits per heavy atom. The highest BCUT2D eigenvalue weighted by Gasteiger charge is 2.28. The van der Waals surface area contributed by atoms with E-state index in [-0.39, 0.29) is 0 Å². The molecule has 31 heavy (non-hydrogen) atoms. The number of hydrogen-bond donors (Lipinski definition) is 2. The van der Waals surface area contributed by atoms with Crippen LogP contribution in [0.2, 0.25) is 0 Å². The van der Waals surface area contributed by atoms with E-state index in [4.69, 9.17) is 5.73 Å². The van der Waals surface area contributed by atoms with Crippen LogP contribution in [-0.4, -0.2) is 22.7 Å². The normalized spacial score (nSPS) is 30.6. The number of nitrogens with zero attached hydrogens (tertiary/aromatic N) is 1. The predicted octanol–water partition coefficient (Wildman–Crippen LogP) is 6.87. The summed E-state index contributed by atoms with van der Waals surface area (Å²) in [6, 6.07) is 8.79. The maximum absolute atomic E-state index is 6.10. The quantitative estimate of drug-likeness (QED) is 0.484. The molecule has 0 saturated heterocycles. The minimum Gasteiger partial charge on any atom is -0.347 e. The lowest BCUT2D eigenvalue weighted by Gasteiger charge is -2.34. The first-order valence-electron chi connectivity index (χ1n) is 13.0. The number of benzene rings is 1. The Morgan fingerprint density at radius 2 is 1.55 bits per heavy atom. The monoisotopic (exact) mass is 485 g/mol. The summed E-state index contributed by atoms with van der Waals surface area (Å²) in [6.45, 7) is 1.21. The number of halogens is 1. The van der Waals surface area contributed by atoms with Crippen molar-refractivity contribution in [3.05, 3.63) is 34.4 Å². The van der Waals surface area contributed by atoms with E-state index in [1.165, 1.54) is 105 Å². The lowest BCUT2D eigenvalue weighted by molar-refractivity contribution is 0.268. The Hall–Kier alpha value is -0.840. The van der Waals surface area contributed by atoms with Crippen molar-refractivity contribution in [1.29, 1.82) is 0 Å². The molecule has 0 bridgehead atoms. The third-order valence-electron chi connectivity index (χ3n) is 8.46. The van der Waals surface area contributed by atoms with Gasteiger partial charge in [0, 0.05) is 46.2 Å². The first-order valence-corrected chi connectivity index (χ1v) is 13.7. The topological polar surface area (TPSA) is 43.0 Å². The molecular formula is C27H40BrN3. The first kappa shape index (κ1) is 22.0. The summed E-state index contributed by atoms with van der Waals surface area (Å²) in [7, 11) is 0. The Labute approximate surface area is 196 Å². The van der Waals surface area contributed by atoms with Crippen LogP contribution >= 0.6 is 15.9 Å². The number of fused-ring (bicyclic) bond motifs is 1. The molecule has 3 aliphatic rings. The van der Waals surface area contributed by atoms with Gasteiger partial charge in [0.05, 0.1) is 0 Å². The van der Waals surface area contributed by atoms with Crippen molar-refractivity contribution in [2.45, 2.75) is 114 Å². The van der Waals surface area contributed by atoms with Crippen LogP contribution in [0, 0.1) is 5.92 Å². The van der Waals surface area contributed by atoms with E-state index >= 15 is 0 Å². The average molecular weight is 487 g/mol. The summed E-state index contributed by atoms with van der Waals surface area (Å²) in [5, 5.41) is 5.48. The van der Waals surface area contributed by atoms with Crippen LogP contribution in [0.1, 0.15) is 95.0 Å².